The molecule has 0 aliphatic heterocycles. The summed E-state index contributed by atoms with van der Waals surface area (Å²) in [7, 11) is -4.67. The van der Waals surface area contributed by atoms with Gasteiger partial charge in [-0.2, -0.15) is 8.42 Å². The van der Waals surface area contributed by atoms with E-state index in [0.29, 0.717) is 0 Å². The largest absolute Gasteiger partial charge is 0.394 e. The summed E-state index contributed by atoms with van der Waals surface area (Å²) in [6.07, 6.45) is 0. The van der Waals surface area contributed by atoms with E-state index in [1.165, 1.54) is 0 Å². The molecular formula is H9Al2NO7S. The molecule has 0 unspecified atom stereocenters. The van der Waals surface area contributed by atoms with Gasteiger partial charge in [-0.05, 0) is 0 Å². The van der Waals surface area contributed by atoms with Crippen LogP contribution in [0.5, 0.6) is 0 Å². The van der Waals surface area contributed by atoms with Crippen molar-refractivity contribution >= 4 is 45.1 Å². The molecule has 0 aromatic rings. The molecule has 0 atom stereocenters. The Bertz CT molecular complexity index is 159. The van der Waals surface area contributed by atoms with Crippen LogP contribution < -0.4 is 0 Å². The van der Waals surface area contributed by atoms with Gasteiger partial charge in [-0.1, -0.05) is 0 Å². The normalized spacial score (nSPS) is 7.45. The Balaban J connectivity index is -0.0000000383. The average molecular weight is 221 g/mol. The maximum absolute atomic E-state index is 8.74. The Kier molecular flexibility index (Phi) is 20.7. The molecule has 11 heteroatoms. The Morgan fingerprint density at radius 2 is 1.18 bits per heavy atom. The predicted octanol–water partition coefficient (Wildman–Crippen LogP) is -3.37. The third kappa shape index (κ3) is 36800. The minimum absolute atomic E-state index is 0. The lowest BCUT2D eigenvalue weighted by Crippen LogP contribution is -1.89. The molecule has 3 N–H and O–H groups in total. The topological polar surface area (TPSA) is 138 Å². The summed E-state index contributed by atoms with van der Waals surface area (Å²) in [6.45, 7) is 0. The van der Waals surface area contributed by atoms with E-state index < -0.39 is 15.5 Å². The Morgan fingerprint density at radius 3 is 1.18 bits per heavy atom. The van der Waals surface area contributed by atoms with Crippen molar-refractivity contribution in [1.82, 2.24) is 0 Å². The van der Waals surface area contributed by atoms with E-state index >= 15 is 0 Å². The molecule has 0 aliphatic rings. The molecular weight excluding hydrogens is 212 g/mol. The van der Waals surface area contributed by atoms with Crippen LogP contribution in [-0.2, 0) is 10.4 Å². The summed E-state index contributed by atoms with van der Waals surface area (Å²) in [5.74, 6) is 0. The lowest BCUT2D eigenvalue weighted by Gasteiger charge is -1.68. The zero-order valence-corrected chi connectivity index (χ0v) is 4.65. The zero-order valence-electron chi connectivity index (χ0n) is 3.83. The van der Waals surface area contributed by atoms with Crippen LogP contribution in [0, 0.1) is 10.1 Å². The van der Waals surface area contributed by atoms with Crippen molar-refractivity contribution in [2.45, 2.75) is 0 Å². The van der Waals surface area contributed by atoms with Crippen LogP contribution in [0.3, 0.4) is 0 Å². The van der Waals surface area contributed by atoms with E-state index in [0.717, 1.165) is 0 Å². The second-order valence-corrected chi connectivity index (χ2v) is 1.58. The first-order valence-corrected chi connectivity index (χ1v) is 2.66. The lowest BCUT2D eigenvalue weighted by atomic mass is 13.1. The van der Waals surface area contributed by atoms with E-state index in [-0.39, 0.29) is 34.7 Å². The summed E-state index contributed by atoms with van der Waals surface area (Å²) in [4.78, 5) is 8.36. The van der Waals surface area contributed by atoms with Crippen LogP contribution in [0.15, 0.2) is 0 Å². The quantitative estimate of drug-likeness (QED) is 0.168. The summed E-state index contributed by atoms with van der Waals surface area (Å²) in [5, 5.41) is 13.6. The van der Waals surface area contributed by atoms with Gasteiger partial charge in [0.15, 0.2) is 34.7 Å². The highest BCUT2D eigenvalue weighted by atomic mass is 32.3. The van der Waals surface area contributed by atoms with Crippen molar-refractivity contribution in [1.29, 1.82) is 0 Å². The number of hydrogen-bond donors (Lipinski definition) is 3. The first-order chi connectivity index (χ1) is 3.73. The summed E-state index contributed by atoms with van der Waals surface area (Å²) >= 11 is 0. The van der Waals surface area contributed by atoms with Gasteiger partial charge in [0.1, 0.15) is 0 Å². The van der Waals surface area contributed by atoms with Crippen molar-refractivity contribution in [2.24, 2.45) is 0 Å². The van der Waals surface area contributed by atoms with Crippen LogP contribution in [0.4, 0.5) is 0 Å². The molecule has 0 aromatic carbocycles. The third-order valence-corrected chi connectivity index (χ3v) is 0. The fourth-order valence-electron chi connectivity index (χ4n) is 0. The van der Waals surface area contributed by atoms with Crippen LogP contribution in [0.2, 0.25) is 0 Å². The molecule has 8 nitrogen and oxygen atoms in total. The second kappa shape index (κ2) is 10.1. The number of rotatable bonds is 0. The first-order valence-electron chi connectivity index (χ1n) is 1.26. The fraction of sp³-hybridized carbons (Fsp3) is 0. The van der Waals surface area contributed by atoms with Gasteiger partial charge in [0.05, 0.1) is 0 Å². The minimum atomic E-state index is -4.67. The van der Waals surface area contributed by atoms with E-state index in [1.807, 2.05) is 0 Å². The summed E-state index contributed by atoms with van der Waals surface area (Å²) in [6, 6.07) is 0. The van der Waals surface area contributed by atoms with Gasteiger partial charge in [0.25, 0.3) is 5.09 Å². The van der Waals surface area contributed by atoms with E-state index in [4.69, 9.17) is 32.8 Å². The van der Waals surface area contributed by atoms with Crippen molar-refractivity contribution < 1.29 is 27.8 Å². The SMILES string of the molecule is O=S(=O)(O)O.O=[N+]([O-])O.[AlH3].[AlH3]. The number of hydrogen-bond acceptors (Lipinski definition) is 4. The van der Waals surface area contributed by atoms with Gasteiger partial charge in [-0.25, -0.2) is 0 Å². The zero-order chi connectivity index (χ0) is 8.08. The molecule has 0 aromatic heterocycles. The van der Waals surface area contributed by atoms with Crippen molar-refractivity contribution in [2.75, 3.05) is 0 Å². The van der Waals surface area contributed by atoms with Crippen LogP contribution in [0.25, 0.3) is 0 Å². The lowest BCUT2D eigenvalue weighted by molar-refractivity contribution is -0.742. The Morgan fingerprint density at radius 1 is 1.18 bits per heavy atom. The van der Waals surface area contributed by atoms with Gasteiger partial charge in [-0.3, -0.25) is 9.11 Å². The molecule has 0 amide bonds. The smallest absolute Gasteiger partial charge is 0.328 e. The third-order valence-electron chi connectivity index (χ3n) is 0. The molecule has 0 bridgehead atoms. The van der Waals surface area contributed by atoms with Gasteiger partial charge >= 0.3 is 10.4 Å². The fourth-order valence-corrected chi connectivity index (χ4v) is 0. The van der Waals surface area contributed by atoms with E-state index in [2.05, 4.69) is 0 Å². The average Bonchev–Trinajstić information content (AvgIpc) is 1.19. The molecule has 0 rings (SSSR count). The molecule has 0 saturated heterocycles. The van der Waals surface area contributed by atoms with Crippen molar-refractivity contribution in [3.05, 3.63) is 10.1 Å². The highest BCUT2D eigenvalue weighted by Crippen LogP contribution is 1.59. The standard InChI is InChI=1S/2Al.HNO3.H2O4S.6H/c;;2-1(3)4;1-5(2,3)4;;;;;;/h;;(H,2,3,4);(H2,1,2,3,4);;;;;;. The van der Waals surface area contributed by atoms with E-state index in [1.54, 1.807) is 0 Å². The molecule has 0 heterocycles. The molecule has 68 valence electrons. The number of nitrogens with zero attached hydrogens (tertiary/aromatic N) is 1. The highest BCUT2D eigenvalue weighted by molar-refractivity contribution is 7.79. The summed E-state index contributed by atoms with van der Waals surface area (Å²) < 4.78 is 31.6. The monoisotopic (exact) mass is 221 g/mol. The molecule has 0 saturated carbocycles. The molecule has 0 radical (unpaired) electrons. The van der Waals surface area contributed by atoms with Gasteiger partial charge < -0.3 is 5.21 Å². The highest BCUT2D eigenvalue weighted by Gasteiger charge is 1.84. The maximum Gasteiger partial charge on any atom is 0.394 e. The molecule has 11 heavy (non-hydrogen) atoms. The molecule has 0 fully saturated rings. The molecule has 0 aliphatic carbocycles. The van der Waals surface area contributed by atoms with Gasteiger partial charge in [0, 0.05) is 0 Å². The molecule has 0 spiro atoms. The second-order valence-electron chi connectivity index (χ2n) is 0.686. The van der Waals surface area contributed by atoms with Crippen LogP contribution in [0.1, 0.15) is 0 Å². The van der Waals surface area contributed by atoms with Crippen LogP contribution in [-0.4, -0.2) is 62.5 Å². The summed E-state index contributed by atoms with van der Waals surface area (Å²) in [5.41, 5.74) is 0. The van der Waals surface area contributed by atoms with Crippen LogP contribution >= 0.6 is 0 Å². The van der Waals surface area contributed by atoms with Gasteiger partial charge in [-0.15, -0.1) is 10.1 Å². The minimum Gasteiger partial charge on any atom is -0.328 e. The first kappa shape index (κ1) is 22.5. The Labute approximate surface area is 83.2 Å². The van der Waals surface area contributed by atoms with Gasteiger partial charge in [0.2, 0.25) is 0 Å². The maximum atomic E-state index is 8.74. The van der Waals surface area contributed by atoms with Crippen molar-refractivity contribution in [3.63, 3.8) is 0 Å². The van der Waals surface area contributed by atoms with Crippen molar-refractivity contribution in [3.8, 4) is 0 Å². The Hall–Kier alpha value is 0.135. The predicted molar refractivity (Wildman–Crippen MR) is 42.8 cm³/mol. The van der Waals surface area contributed by atoms with E-state index in [9.17, 15) is 0 Å².